The van der Waals surface area contributed by atoms with Crippen LogP contribution in [0.3, 0.4) is 0 Å². The zero-order chi connectivity index (χ0) is 13.2. The molecule has 2 aromatic rings. The number of benzene rings is 2. The third kappa shape index (κ3) is 2.32. The van der Waals surface area contributed by atoms with E-state index >= 15 is 0 Å². The average molecular weight is 253 g/mol. The van der Waals surface area contributed by atoms with Crippen molar-refractivity contribution in [3.05, 3.63) is 65.2 Å². The SMILES string of the molecule is O=C(NC1Cc2ccccc2C1)c1ccccc1O. The van der Waals surface area contributed by atoms with Crippen molar-refractivity contribution < 1.29 is 9.90 Å². The molecule has 96 valence electrons. The van der Waals surface area contributed by atoms with Gasteiger partial charge in [-0.1, -0.05) is 36.4 Å². The summed E-state index contributed by atoms with van der Waals surface area (Å²) in [7, 11) is 0. The number of hydrogen-bond donors (Lipinski definition) is 2. The molecule has 1 aliphatic rings. The second-order valence-corrected chi connectivity index (χ2v) is 4.86. The first kappa shape index (κ1) is 11.8. The largest absolute Gasteiger partial charge is 0.507 e. The van der Waals surface area contributed by atoms with Gasteiger partial charge in [0.1, 0.15) is 5.75 Å². The molecule has 0 saturated carbocycles. The molecule has 2 N–H and O–H groups in total. The van der Waals surface area contributed by atoms with E-state index in [0.29, 0.717) is 5.56 Å². The van der Waals surface area contributed by atoms with Crippen LogP contribution in [-0.2, 0) is 12.8 Å². The van der Waals surface area contributed by atoms with Gasteiger partial charge in [-0.25, -0.2) is 0 Å². The summed E-state index contributed by atoms with van der Waals surface area (Å²) in [6.07, 6.45) is 1.71. The average Bonchev–Trinajstić information content (AvgIpc) is 2.81. The molecular weight excluding hydrogens is 238 g/mol. The molecule has 0 heterocycles. The van der Waals surface area contributed by atoms with E-state index in [0.717, 1.165) is 12.8 Å². The molecule has 1 amide bonds. The van der Waals surface area contributed by atoms with E-state index in [9.17, 15) is 9.90 Å². The molecular formula is C16H15NO2. The number of hydrogen-bond acceptors (Lipinski definition) is 2. The van der Waals surface area contributed by atoms with Gasteiger partial charge in [-0.05, 0) is 36.1 Å². The minimum atomic E-state index is -0.212. The normalized spacial score (nSPS) is 14.1. The van der Waals surface area contributed by atoms with Crippen LogP contribution in [0.5, 0.6) is 5.75 Å². The van der Waals surface area contributed by atoms with Crippen molar-refractivity contribution in [3.63, 3.8) is 0 Å². The highest BCUT2D eigenvalue weighted by Crippen LogP contribution is 2.22. The van der Waals surface area contributed by atoms with Crippen LogP contribution in [0.2, 0.25) is 0 Å². The summed E-state index contributed by atoms with van der Waals surface area (Å²) in [5.41, 5.74) is 2.92. The molecule has 3 nitrogen and oxygen atoms in total. The third-order valence-electron chi connectivity index (χ3n) is 3.53. The predicted molar refractivity (Wildman–Crippen MR) is 73.2 cm³/mol. The van der Waals surface area contributed by atoms with Crippen LogP contribution >= 0.6 is 0 Å². The van der Waals surface area contributed by atoms with E-state index in [2.05, 4.69) is 17.4 Å². The number of carbonyl (C=O) groups excluding carboxylic acids is 1. The quantitative estimate of drug-likeness (QED) is 0.862. The maximum absolute atomic E-state index is 12.1. The summed E-state index contributed by atoms with van der Waals surface area (Å²) in [6.45, 7) is 0. The van der Waals surface area contributed by atoms with Gasteiger partial charge in [0.2, 0.25) is 0 Å². The Kier molecular flexibility index (Phi) is 2.95. The second-order valence-electron chi connectivity index (χ2n) is 4.86. The summed E-state index contributed by atoms with van der Waals surface area (Å²) >= 11 is 0. The molecule has 0 radical (unpaired) electrons. The molecule has 0 unspecified atom stereocenters. The molecule has 3 heteroatoms. The lowest BCUT2D eigenvalue weighted by Gasteiger charge is -2.12. The summed E-state index contributed by atoms with van der Waals surface area (Å²) in [4.78, 5) is 12.1. The molecule has 0 atom stereocenters. The number of rotatable bonds is 2. The van der Waals surface area contributed by atoms with Crippen molar-refractivity contribution in [1.29, 1.82) is 0 Å². The van der Waals surface area contributed by atoms with E-state index in [4.69, 9.17) is 0 Å². The highest BCUT2D eigenvalue weighted by atomic mass is 16.3. The number of amides is 1. The fraction of sp³-hybridized carbons (Fsp3) is 0.188. The molecule has 0 aromatic heterocycles. The van der Waals surface area contributed by atoms with Crippen LogP contribution in [0.4, 0.5) is 0 Å². The highest BCUT2D eigenvalue weighted by Gasteiger charge is 2.23. The van der Waals surface area contributed by atoms with Crippen molar-refractivity contribution in [2.75, 3.05) is 0 Å². The van der Waals surface area contributed by atoms with Gasteiger partial charge in [-0.2, -0.15) is 0 Å². The van der Waals surface area contributed by atoms with Crippen molar-refractivity contribution in [3.8, 4) is 5.75 Å². The van der Waals surface area contributed by atoms with Gasteiger partial charge in [-0.3, -0.25) is 4.79 Å². The Morgan fingerprint density at radius 1 is 1.00 bits per heavy atom. The summed E-state index contributed by atoms with van der Waals surface area (Å²) < 4.78 is 0. The van der Waals surface area contributed by atoms with Crippen molar-refractivity contribution in [2.45, 2.75) is 18.9 Å². The lowest BCUT2D eigenvalue weighted by Crippen LogP contribution is -2.35. The molecule has 0 aliphatic heterocycles. The van der Waals surface area contributed by atoms with Gasteiger partial charge in [-0.15, -0.1) is 0 Å². The van der Waals surface area contributed by atoms with Crippen LogP contribution in [0.15, 0.2) is 48.5 Å². The topological polar surface area (TPSA) is 49.3 Å². The lowest BCUT2D eigenvalue weighted by molar-refractivity contribution is 0.0936. The maximum Gasteiger partial charge on any atom is 0.255 e. The number of phenolic OH excluding ortho intramolecular Hbond substituents is 1. The maximum atomic E-state index is 12.1. The van der Waals surface area contributed by atoms with Gasteiger partial charge in [0.05, 0.1) is 5.56 Å². The number of fused-ring (bicyclic) bond motifs is 1. The fourth-order valence-corrected chi connectivity index (χ4v) is 2.59. The zero-order valence-electron chi connectivity index (χ0n) is 10.5. The molecule has 0 spiro atoms. The van der Waals surface area contributed by atoms with Gasteiger partial charge in [0, 0.05) is 6.04 Å². The van der Waals surface area contributed by atoms with Crippen molar-refractivity contribution in [1.82, 2.24) is 5.32 Å². The smallest absolute Gasteiger partial charge is 0.255 e. The number of phenols is 1. The Bertz CT molecular complexity index is 597. The van der Waals surface area contributed by atoms with Gasteiger partial charge < -0.3 is 10.4 Å². The molecule has 0 bridgehead atoms. The van der Waals surface area contributed by atoms with E-state index < -0.39 is 0 Å². The number of carbonyl (C=O) groups is 1. The van der Waals surface area contributed by atoms with Crippen LogP contribution in [-0.4, -0.2) is 17.1 Å². The van der Waals surface area contributed by atoms with E-state index in [-0.39, 0.29) is 17.7 Å². The molecule has 2 aromatic carbocycles. The first-order valence-corrected chi connectivity index (χ1v) is 6.39. The molecule has 19 heavy (non-hydrogen) atoms. The minimum absolute atomic E-state index is 0.0236. The number of nitrogens with one attached hydrogen (secondary N) is 1. The summed E-state index contributed by atoms with van der Waals surface area (Å²) in [5, 5.41) is 12.7. The molecule has 0 fully saturated rings. The number of aromatic hydroxyl groups is 1. The van der Waals surface area contributed by atoms with Crippen LogP contribution in [0.25, 0.3) is 0 Å². The third-order valence-corrected chi connectivity index (χ3v) is 3.53. The van der Waals surface area contributed by atoms with Gasteiger partial charge in [0.15, 0.2) is 0 Å². The lowest BCUT2D eigenvalue weighted by atomic mass is 10.1. The van der Waals surface area contributed by atoms with E-state index in [1.807, 2.05) is 12.1 Å². The first-order chi connectivity index (χ1) is 9.24. The Hall–Kier alpha value is -2.29. The van der Waals surface area contributed by atoms with Crippen LogP contribution in [0, 0.1) is 0 Å². The molecule has 0 saturated heterocycles. The summed E-state index contributed by atoms with van der Waals surface area (Å²) in [6, 6.07) is 15.0. The predicted octanol–water partition coefficient (Wildman–Crippen LogP) is 2.29. The van der Waals surface area contributed by atoms with Crippen LogP contribution < -0.4 is 5.32 Å². The Morgan fingerprint density at radius 3 is 2.21 bits per heavy atom. The number of para-hydroxylation sites is 1. The van der Waals surface area contributed by atoms with Crippen molar-refractivity contribution in [2.24, 2.45) is 0 Å². The molecule has 3 rings (SSSR count). The Balaban J connectivity index is 1.71. The van der Waals surface area contributed by atoms with Gasteiger partial charge in [0.25, 0.3) is 5.91 Å². The molecule has 1 aliphatic carbocycles. The van der Waals surface area contributed by atoms with E-state index in [1.54, 1.807) is 18.2 Å². The standard InChI is InChI=1S/C16H15NO2/c18-15-8-4-3-7-14(15)16(19)17-13-9-11-5-1-2-6-12(11)10-13/h1-8,13,18H,9-10H2,(H,17,19). The first-order valence-electron chi connectivity index (χ1n) is 6.39. The van der Waals surface area contributed by atoms with Crippen molar-refractivity contribution >= 4 is 5.91 Å². The van der Waals surface area contributed by atoms with Crippen LogP contribution in [0.1, 0.15) is 21.5 Å². The Labute approximate surface area is 111 Å². The van der Waals surface area contributed by atoms with E-state index in [1.165, 1.54) is 17.2 Å². The Morgan fingerprint density at radius 2 is 1.58 bits per heavy atom. The zero-order valence-corrected chi connectivity index (χ0v) is 10.5. The minimum Gasteiger partial charge on any atom is -0.507 e. The second kappa shape index (κ2) is 4.76. The monoisotopic (exact) mass is 253 g/mol. The summed E-state index contributed by atoms with van der Waals surface area (Å²) in [5.74, 6) is -0.189. The van der Waals surface area contributed by atoms with Gasteiger partial charge >= 0.3 is 0 Å². The fourth-order valence-electron chi connectivity index (χ4n) is 2.59. The highest BCUT2D eigenvalue weighted by molar-refractivity contribution is 5.97.